The molecule has 2 aliphatic rings. The van der Waals surface area contributed by atoms with E-state index in [1.165, 1.54) is 44.9 Å². The van der Waals surface area contributed by atoms with E-state index in [2.05, 4.69) is 19.9 Å². The van der Waals surface area contributed by atoms with Gasteiger partial charge in [-0.1, -0.05) is 38.3 Å². The van der Waals surface area contributed by atoms with Gasteiger partial charge in [-0.3, -0.25) is 0 Å². The van der Waals surface area contributed by atoms with Crippen LogP contribution in [0.2, 0.25) is 0 Å². The van der Waals surface area contributed by atoms with Crippen LogP contribution >= 0.6 is 0 Å². The zero-order chi connectivity index (χ0) is 9.31. The number of hydrogen-bond acceptors (Lipinski definition) is 0. The molecule has 0 radical (unpaired) electrons. The van der Waals surface area contributed by atoms with Gasteiger partial charge in [0, 0.05) is 0 Å². The van der Waals surface area contributed by atoms with Crippen molar-refractivity contribution in [3.05, 3.63) is 11.6 Å². The first-order valence-electron chi connectivity index (χ1n) is 5.93. The molecular formula is C13H22. The summed E-state index contributed by atoms with van der Waals surface area (Å²) in [5.41, 5.74) is 2.41. The smallest absolute Gasteiger partial charge is 0.0115 e. The third kappa shape index (κ3) is 1.82. The lowest BCUT2D eigenvalue weighted by Gasteiger charge is -2.32. The average molecular weight is 178 g/mol. The second-order valence-corrected chi connectivity index (χ2v) is 5.30. The molecule has 0 bridgehead atoms. The summed E-state index contributed by atoms with van der Waals surface area (Å²) < 4.78 is 0. The van der Waals surface area contributed by atoms with E-state index >= 15 is 0 Å². The molecule has 0 unspecified atom stereocenters. The number of rotatable bonds is 1. The van der Waals surface area contributed by atoms with E-state index in [0.717, 1.165) is 5.92 Å². The van der Waals surface area contributed by atoms with E-state index in [9.17, 15) is 0 Å². The van der Waals surface area contributed by atoms with Gasteiger partial charge < -0.3 is 0 Å². The summed E-state index contributed by atoms with van der Waals surface area (Å²) >= 11 is 0. The molecule has 1 fully saturated rings. The van der Waals surface area contributed by atoms with Crippen LogP contribution in [0, 0.1) is 11.3 Å². The third-order valence-electron chi connectivity index (χ3n) is 3.97. The molecule has 0 atom stereocenters. The molecule has 2 rings (SSSR count). The lowest BCUT2D eigenvalue weighted by molar-refractivity contribution is 0.325. The fraction of sp³-hybridized carbons (Fsp3) is 0.846. The van der Waals surface area contributed by atoms with E-state index in [1.807, 2.05) is 0 Å². The molecule has 1 saturated carbocycles. The van der Waals surface area contributed by atoms with Crippen LogP contribution in [0.4, 0.5) is 0 Å². The van der Waals surface area contributed by atoms with Gasteiger partial charge >= 0.3 is 0 Å². The van der Waals surface area contributed by atoms with Crippen molar-refractivity contribution >= 4 is 0 Å². The van der Waals surface area contributed by atoms with Gasteiger partial charge in [0.1, 0.15) is 0 Å². The number of hydrogen-bond donors (Lipinski definition) is 0. The Morgan fingerprint density at radius 2 is 1.69 bits per heavy atom. The van der Waals surface area contributed by atoms with Crippen molar-refractivity contribution < 1.29 is 0 Å². The van der Waals surface area contributed by atoms with Gasteiger partial charge in [0.15, 0.2) is 0 Å². The Bertz CT molecular complexity index is 204. The van der Waals surface area contributed by atoms with Crippen LogP contribution in [0.1, 0.15) is 58.8 Å². The Hall–Kier alpha value is -0.260. The molecule has 0 nitrogen and oxygen atoms in total. The topological polar surface area (TPSA) is 0 Å². The monoisotopic (exact) mass is 178 g/mol. The Morgan fingerprint density at radius 1 is 1.08 bits per heavy atom. The summed E-state index contributed by atoms with van der Waals surface area (Å²) in [6.45, 7) is 4.69. The van der Waals surface area contributed by atoms with E-state index in [-0.39, 0.29) is 0 Å². The van der Waals surface area contributed by atoms with Gasteiger partial charge in [-0.15, -0.1) is 0 Å². The van der Waals surface area contributed by atoms with Crippen molar-refractivity contribution in [3.8, 4) is 0 Å². The zero-order valence-electron chi connectivity index (χ0n) is 9.10. The van der Waals surface area contributed by atoms with Gasteiger partial charge in [0.2, 0.25) is 0 Å². The minimum absolute atomic E-state index is 0.665. The van der Waals surface area contributed by atoms with Crippen LogP contribution in [0.3, 0.4) is 0 Å². The Labute approximate surface area is 82.4 Å². The summed E-state index contributed by atoms with van der Waals surface area (Å²) in [7, 11) is 0. The highest BCUT2D eigenvalue weighted by molar-refractivity contribution is 5.16. The average Bonchev–Trinajstić information content (AvgIpc) is 2.53. The fourth-order valence-corrected chi connectivity index (χ4v) is 3.11. The van der Waals surface area contributed by atoms with Crippen molar-refractivity contribution in [2.75, 3.05) is 0 Å². The van der Waals surface area contributed by atoms with Crippen LogP contribution in [0.25, 0.3) is 0 Å². The Balaban J connectivity index is 2.16. The zero-order valence-corrected chi connectivity index (χ0v) is 9.10. The minimum Gasteiger partial charge on any atom is -0.0788 e. The van der Waals surface area contributed by atoms with Crippen molar-refractivity contribution in [2.45, 2.75) is 58.8 Å². The normalized spacial score (nSPS) is 26.8. The van der Waals surface area contributed by atoms with Crippen LogP contribution in [-0.2, 0) is 0 Å². The molecule has 13 heavy (non-hydrogen) atoms. The lowest BCUT2D eigenvalue weighted by atomic mass is 9.73. The summed E-state index contributed by atoms with van der Waals surface area (Å²) in [5, 5.41) is 0. The molecule has 74 valence electrons. The highest BCUT2D eigenvalue weighted by Crippen LogP contribution is 2.48. The molecule has 0 saturated heterocycles. The summed E-state index contributed by atoms with van der Waals surface area (Å²) in [6, 6.07) is 0. The molecule has 2 aliphatic carbocycles. The molecular weight excluding hydrogens is 156 g/mol. The largest absolute Gasteiger partial charge is 0.0788 e. The molecule has 0 heteroatoms. The standard InChI is InChI=1S/C13H22/c1-11(2)12-6-5-9-13(10-12)7-3-4-8-13/h10-11H,3-9H2,1-2H3. The first kappa shape index (κ1) is 9.30. The molecule has 0 amide bonds. The van der Waals surface area contributed by atoms with E-state index in [1.54, 1.807) is 5.57 Å². The first-order chi connectivity index (χ1) is 6.22. The van der Waals surface area contributed by atoms with Crippen LogP contribution in [-0.4, -0.2) is 0 Å². The van der Waals surface area contributed by atoms with Gasteiger partial charge in [-0.25, -0.2) is 0 Å². The van der Waals surface area contributed by atoms with Crippen molar-refractivity contribution in [2.24, 2.45) is 11.3 Å². The van der Waals surface area contributed by atoms with Crippen LogP contribution in [0.15, 0.2) is 11.6 Å². The quantitative estimate of drug-likeness (QED) is 0.525. The molecule has 0 heterocycles. The van der Waals surface area contributed by atoms with Crippen molar-refractivity contribution in [1.82, 2.24) is 0 Å². The third-order valence-corrected chi connectivity index (χ3v) is 3.97. The molecule has 0 aromatic rings. The summed E-state index contributed by atoms with van der Waals surface area (Å²) in [5.74, 6) is 0.790. The van der Waals surface area contributed by atoms with Crippen molar-refractivity contribution in [3.63, 3.8) is 0 Å². The maximum atomic E-state index is 2.66. The van der Waals surface area contributed by atoms with E-state index in [4.69, 9.17) is 0 Å². The highest BCUT2D eigenvalue weighted by atomic mass is 14.4. The highest BCUT2D eigenvalue weighted by Gasteiger charge is 2.33. The summed E-state index contributed by atoms with van der Waals surface area (Å²) in [6.07, 6.45) is 12.9. The second-order valence-electron chi connectivity index (χ2n) is 5.30. The van der Waals surface area contributed by atoms with Gasteiger partial charge in [-0.2, -0.15) is 0 Å². The first-order valence-corrected chi connectivity index (χ1v) is 5.93. The molecule has 0 aromatic heterocycles. The number of allylic oxidation sites excluding steroid dienone is 2. The maximum Gasteiger partial charge on any atom is -0.0115 e. The van der Waals surface area contributed by atoms with Gasteiger partial charge in [-0.05, 0) is 43.4 Å². The molecule has 1 spiro atoms. The van der Waals surface area contributed by atoms with Gasteiger partial charge in [0.05, 0.1) is 0 Å². The Morgan fingerprint density at radius 3 is 2.31 bits per heavy atom. The minimum atomic E-state index is 0.665. The lowest BCUT2D eigenvalue weighted by Crippen LogP contribution is -2.19. The SMILES string of the molecule is CC(C)C1=CC2(CCCC2)CCC1. The van der Waals surface area contributed by atoms with Crippen molar-refractivity contribution in [1.29, 1.82) is 0 Å². The molecule has 0 aliphatic heterocycles. The predicted octanol–water partition coefficient (Wildman–Crippen LogP) is 4.31. The fourth-order valence-electron chi connectivity index (χ4n) is 3.11. The van der Waals surface area contributed by atoms with Gasteiger partial charge in [0.25, 0.3) is 0 Å². The molecule has 0 N–H and O–H groups in total. The van der Waals surface area contributed by atoms with E-state index in [0.29, 0.717) is 5.41 Å². The van der Waals surface area contributed by atoms with Crippen LogP contribution < -0.4 is 0 Å². The van der Waals surface area contributed by atoms with Crippen LogP contribution in [0.5, 0.6) is 0 Å². The molecule has 0 aromatic carbocycles. The summed E-state index contributed by atoms with van der Waals surface area (Å²) in [4.78, 5) is 0. The second kappa shape index (κ2) is 3.48. The predicted molar refractivity (Wildman–Crippen MR) is 57.7 cm³/mol. The Kier molecular flexibility index (Phi) is 2.49. The van der Waals surface area contributed by atoms with E-state index < -0.39 is 0 Å². The maximum absolute atomic E-state index is 2.66.